The minimum atomic E-state index is 0.361. The quantitative estimate of drug-likeness (QED) is 0.630. The highest BCUT2D eigenvalue weighted by Crippen LogP contribution is 2.22. The lowest BCUT2D eigenvalue weighted by molar-refractivity contribution is -0.0342. The molecule has 0 radical (unpaired) electrons. The van der Waals surface area contributed by atoms with Crippen LogP contribution in [0, 0.1) is 5.41 Å². The second kappa shape index (κ2) is 4.97. The summed E-state index contributed by atoms with van der Waals surface area (Å²) in [6.45, 7) is 11.0. The van der Waals surface area contributed by atoms with Crippen LogP contribution in [0.2, 0.25) is 0 Å². The summed E-state index contributed by atoms with van der Waals surface area (Å²) in [5, 5.41) is 0. The van der Waals surface area contributed by atoms with Crippen LogP contribution in [-0.4, -0.2) is 31.3 Å². The average Bonchev–Trinajstić information content (AvgIpc) is 1.94. The van der Waals surface area contributed by atoms with Crippen LogP contribution in [0.3, 0.4) is 0 Å². The van der Waals surface area contributed by atoms with Crippen molar-refractivity contribution < 1.29 is 4.74 Å². The average molecular weight is 185 g/mol. The number of rotatable bonds is 6. The Morgan fingerprint density at radius 2 is 2.00 bits per heavy atom. The fourth-order valence-electron chi connectivity index (χ4n) is 1.71. The minimum absolute atomic E-state index is 0.361. The second-order valence-electron chi connectivity index (χ2n) is 4.86. The highest BCUT2D eigenvalue weighted by Gasteiger charge is 2.18. The number of nitrogens with zero attached hydrogens (tertiary/aromatic N) is 1. The predicted molar refractivity (Wildman–Crippen MR) is 55.7 cm³/mol. The Morgan fingerprint density at radius 1 is 1.31 bits per heavy atom. The molecule has 0 bridgehead atoms. The van der Waals surface area contributed by atoms with Gasteiger partial charge in [-0.15, -0.1) is 0 Å². The maximum atomic E-state index is 5.68. The van der Waals surface area contributed by atoms with Crippen molar-refractivity contribution in [3.63, 3.8) is 0 Å². The van der Waals surface area contributed by atoms with Gasteiger partial charge in [-0.3, -0.25) is 4.90 Å². The molecule has 0 aliphatic carbocycles. The summed E-state index contributed by atoms with van der Waals surface area (Å²) in [5.74, 6) is 0. The standard InChI is InChI=1S/C11H23NO/c1-4-6-11(2,3)9-13-10-12-7-5-8-12/h4-10H2,1-3H3. The zero-order valence-corrected chi connectivity index (χ0v) is 9.31. The first-order valence-electron chi connectivity index (χ1n) is 5.44. The Morgan fingerprint density at radius 3 is 2.46 bits per heavy atom. The maximum Gasteiger partial charge on any atom is 0.0990 e. The molecule has 1 aliphatic rings. The summed E-state index contributed by atoms with van der Waals surface area (Å²) in [5.41, 5.74) is 0.361. The first-order chi connectivity index (χ1) is 6.14. The monoisotopic (exact) mass is 185 g/mol. The highest BCUT2D eigenvalue weighted by atomic mass is 16.5. The SMILES string of the molecule is CCCC(C)(C)COCN1CCC1. The van der Waals surface area contributed by atoms with Gasteiger partial charge >= 0.3 is 0 Å². The fourth-order valence-corrected chi connectivity index (χ4v) is 1.71. The molecule has 2 heteroatoms. The lowest BCUT2D eigenvalue weighted by Gasteiger charge is -2.32. The van der Waals surface area contributed by atoms with Gasteiger partial charge in [0.25, 0.3) is 0 Å². The summed E-state index contributed by atoms with van der Waals surface area (Å²) in [4.78, 5) is 2.35. The van der Waals surface area contributed by atoms with Crippen LogP contribution in [0.4, 0.5) is 0 Å². The van der Waals surface area contributed by atoms with Crippen LogP contribution in [-0.2, 0) is 4.74 Å². The molecule has 0 atom stereocenters. The zero-order valence-electron chi connectivity index (χ0n) is 9.31. The third kappa shape index (κ3) is 4.10. The molecule has 0 saturated carbocycles. The van der Waals surface area contributed by atoms with Crippen molar-refractivity contribution in [1.29, 1.82) is 0 Å². The van der Waals surface area contributed by atoms with Crippen molar-refractivity contribution in [3.8, 4) is 0 Å². The topological polar surface area (TPSA) is 12.5 Å². The molecule has 1 aliphatic heterocycles. The van der Waals surface area contributed by atoms with Crippen LogP contribution in [0.25, 0.3) is 0 Å². The van der Waals surface area contributed by atoms with Crippen LogP contribution < -0.4 is 0 Å². The Labute approximate surface area is 82.3 Å². The van der Waals surface area contributed by atoms with Crippen molar-refractivity contribution in [1.82, 2.24) is 4.90 Å². The molecule has 0 N–H and O–H groups in total. The minimum Gasteiger partial charge on any atom is -0.366 e. The van der Waals surface area contributed by atoms with E-state index in [0.717, 1.165) is 13.3 Å². The highest BCUT2D eigenvalue weighted by molar-refractivity contribution is 4.68. The third-order valence-electron chi connectivity index (χ3n) is 2.64. The summed E-state index contributed by atoms with van der Waals surface area (Å²) >= 11 is 0. The molecule has 0 aromatic rings. The third-order valence-corrected chi connectivity index (χ3v) is 2.64. The van der Waals surface area contributed by atoms with E-state index in [1.165, 1.54) is 32.4 Å². The van der Waals surface area contributed by atoms with E-state index in [0.29, 0.717) is 5.41 Å². The Balaban J connectivity index is 2.02. The van der Waals surface area contributed by atoms with Gasteiger partial charge in [0.1, 0.15) is 0 Å². The molecule has 0 aromatic heterocycles. The Hall–Kier alpha value is -0.0800. The number of ether oxygens (including phenoxy) is 1. The van der Waals surface area contributed by atoms with E-state index >= 15 is 0 Å². The second-order valence-corrected chi connectivity index (χ2v) is 4.86. The van der Waals surface area contributed by atoms with Gasteiger partial charge in [-0.05, 0) is 18.3 Å². The lowest BCUT2D eigenvalue weighted by atomic mass is 9.89. The van der Waals surface area contributed by atoms with Gasteiger partial charge in [0.15, 0.2) is 0 Å². The van der Waals surface area contributed by atoms with Gasteiger partial charge < -0.3 is 4.74 Å². The molecule has 0 spiro atoms. The van der Waals surface area contributed by atoms with Crippen molar-refractivity contribution in [3.05, 3.63) is 0 Å². The molecule has 0 unspecified atom stereocenters. The molecule has 1 rings (SSSR count). The smallest absolute Gasteiger partial charge is 0.0990 e. The number of hydrogen-bond donors (Lipinski definition) is 0. The van der Waals surface area contributed by atoms with E-state index in [1.807, 2.05) is 0 Å². The summed E-state index contributed by atoms with van der Waals surface area (Å²) in [7, 11) is 0. The summed E-state index contributed by atoms with van der Waals surface area (Å²) in [6.07, 6.45) is 3.86. The summed E-state index contributed by atoms with van der Waals surface area (Å²) < 4.78 is 5.68. The number of likely N-dealkylation sites (tertiary alicyclic amines) is 1. The molecule has 0 aromatic carbocycles. The molecule has 13 heavy (non-hydrogen) atoms. The number of hydrogen-bond acceptors (Lipinski definition) is 2. The van der Waals surface area contributed by atoms with Gasteiger partial charge in [0, 0.05) is 13.1 Å². The maximum absolute atomic E-state index is 5.68. The van der Waals surface area contributed by atoms with Gasteiger partial charge in [0.05, 0.1) is 13.3 Å². The molecule has 2 nitrogen and oxygen atoms in total. The van der Waals surface area contributed by atoms with Crippen LogP contribution in [0.15, 0.2) is 0 Å². The van der Waals surface area contributed by atoms with Gasteiger partial charge in [-0.1, -0.05) is 27.2 Å². The largest absolute Gasteiger partial charge is 0.366 e. The van der Waals surface area contributed by atoms with Crippen molar-refractivity contribution in [2.45, 2.75) is 40.0 Å². The summed E-state index contributed by atoms with van der Waals surface area (Å²) in [6, 6.07) is 0. The zero-order chi connectivity index (χ0) is 9.73. The lowest BCUT2D eigenvalue weighted by Crippen LogP contribution is -2.39. The van der Waals surface area contributed by atoms with Crippen LogP contribution in [0.5, 0.6) is 0 Å². The van der Waals surface area contributed by atoms with Crippen molar-refractivity contribution in [2.75, 3.05) is 26.4 Å². The Bertz CT molecular complexity index is 141. The Kier molecular flexibility index (Phi) is 4.20. The van der Waals surface area contributed by atoms with E-state index in [-0.39, 0.29) is 0 Å². The first-order valence-corrected chi connectivity index (χ1v) is 5.44. The predicted octanol–water partition coefficient (Wildman–Crippen LogP) is 2.49. The van der Waals surface area contributed by atoms with Crippen LogP contribution in [0.1, 0.15) is 40.0 Å². The fraction of sp³-hybridized carbons (Fsp3) is 1.00. The normalized spacial score (nSPS) is 18.7. The molecular formula is C11H23NO. The van der Waals surface area contributed by atoms with E-state index < -0.39 is 0 Å². The molecule has 78 valence electrons. The van der Waals surface area contributed by atoms with Crippen molar-refractivity contribution >= 4 is 0 Å². The van der Waals surface area contributed by atoms with Gasteiger partial charge in [0.2, 0.25) is 0 Å². The van der Waals surface area contributed by atoms with Gasteiger partial charge in [-0.25, -0.2) is 0 Å². The molecule has 1 saturated heterocycles. The molecule has 1 fully saturated rings. The van der Waals surface area contributed by atoms with E-state index in [1.54, 1.807) is 0 Å². The van der Waals surface area contributed by atoms with Gasteiger partial charge in [-0.2, -0.15) is 0 Å². The van der Waals surface area contributed by atoms with Crippen molar-refractivity contribution in [2.24, 2.45) is 5.41 Å². The van der Waals surface area contributed by atoms with E-state index in [2.05, 4.69) is 25.7 Å². The van der Waals surface area contributed by atoms with E-state index in [4.69, 9.17) is 4.74 Å². The molecular weight excluding hydrogens is 162 g/mol. The first kappa shape index (κ1) is 11.0. The van der Waals surface area contributed by atoms with E-state index in [9.17, 15) is 0 Å². The molecule has 1 heterocycles. The van der Waals surface area contributed by atoms with Crippen LogP contribution >= 0.6 is 0 Å². The molecule has 0 amide bonds.